The molecule has 0 saturated heterocycles. The van der Waals surface area contributed by atoms with E-state index in [9.17, 15) is 4.79 Å². The maximum absolute atomic E-state index is 11.5. The second-order valence-corrected chi connectivity index (χ2v) is 4.75. The molecule has 0 unspecified atom stereocenters. The first-order valence-electron chi connectivity index (χ1n) is 6.34. The number of nitrogens with two attached hydrogens (primary N) is 1. The highest BCUT2D eigenvalue weighted by Gasteiger charge is 2.26. The largest absolute Gasteiger partial charge is 0.396 e. The van der Waals surface area contributed by atoms with Crippen LogP contribution >= 0.6 is 0 Å². The molecule has 0 spiro atoms. The summed E-state index contributed by atoms with van der Waals surface area (Å²) in [7, 11) is 0. The van der Waals surface area contributed by atoms with E-state index in [0.29, 0.717) is 30.5 Å². The third-order valence-electron chi connectivity index (χ3n) is 3.02. The first-order chi connectivity index (χ1) is 9.20. The molecule has 0 atom stereocenters. The Morgan fingerprint density at radius 1 is 1.53 bits per heavy atom. The van der Waals surface area contributed by atoms with Crippen LogP contribution in [0.2, 0.25) is 0 Å². The van der Waals surface area contributed by atoms with Crippen LogP contribution in [0.1, 0.15) is 24.6 Å². The summed E-state index contributed by atoms with van der Waals surface area (Å²) in [4.78, 5) is 18.7. The Morgan fingerprint density at radius 3 is 3.05 bits per heavy atom. The van der Waals surface area contributed by atoms with Crippen LogP contribution in [0.5, 0.6) is 0 Å². The van der Waals surface area contributed by atoms with E-state index in [0.717, 1.165) is 18.7 Å². The van der Waals surface area contributed by atoms with Gasteiger partial charge in [-0.15, -0.1) is 0 Å². The molecule has 0 amide bonds. The molecule has 7 nitrogen and oxygen atoms in total. The lowest BCUT2D eigenvalue weighted by Gasteiger charge is -2.06. The van der Waals surface area contributed by atoms with Gasteiger partial charge in [-0.1, -0.05) is 0 Å². The maximum Gasteiger partial charge on any atom is 0.252 e. The molecule has 19 heavy (non-hydrogen) atoms. The van der Waals surface area contributed by atoms with Gasteiger partial charge in [0.25, 0.3) is 5.56 Å². The van der Waals surface area contributed by atoms with Gasteiger partial charge in [-0.2, -0.15) is 5.10 Å². The second kappa shape index (κ2) is 4.75. The van der Waals surface area contributed by atoms with Crippen molar-refractivity contribution in [3.05, 3.63) is 34.6 Å². The van der Waals surface area contributed by atoms with E-state index >= 15 is 0 Å². The zero-order chi connectivity index (χ0) is 13.2. The van der Waals surface area contributed by atoms with E-state index in [4.69, 9.17) is 5.73 Å². The number of nitrogen functional groups attached to an aromatic ring is 1. The maximum atomic E-state index is 11.5. The van der Waals surface area contributed by atoms with Crippen molar-refractivity contribution in [1.82, 2.24) is 19.7 Å². The van der Waals surface area contributed by atoms with E-state index in [1.807, 2.05) is 0 Å². The smallest absolute Gasteiger partial charge is 0.252 e. The Balaban J connectivity index is 1.61. The summed E-state index contributed by atoms with van der Waals surface area (Å²) < 4.78 is 1.75. The fourth-order valence-corrected chi connectivity index (χ4v) is 1.92. The number of hydrogen-bond acceptors (Lipinski definition) is 5. The summed E-state index contributed by atoms with van der Waals surface area (Å²) in [5.41, 5.74) is 6.12. The molecule has 1 aliphatic carbocycles. The molecule has 1 fully saturated rings. The average Bonchev–Trinajstić information content (AvgIpc) is 3.13. The molecule has 2 aromatic heterocycles. The predicted molar refractivity (Wildman–Crippen MR) is 72.0 cm³/mol. The minimum absolute atomic E-state index is 0.109. The molecule has 1 aliphatic rings. The van der Waals surface area contributed by atoms with E-state index in [-0.39, 0.29) is 5.56 Å². The number of aromatic nitrogens is 4. The third kappa shape index (κ3) is 2.93. The molecule has 0 aromatic carbocycles. The van der Waals surface area contributed by atoms with E-state index in [1.165, 1.54) is 6.07 Å². The fraction of sp³-hybridized carbons (Fsp3) is 0.417. The van der Waals surface area contributed by atoms with Crippen molar-refractivity contribution in [2.24, 2.45) is 0 Å². The van der Waals surface area contributed by atoms with Crippen LogP contribution in [0.3, 0.4) is 0 Å². The molecular formula is C12H16N6O. The number of aromatic amines is 1. The molecular weight excluding hydrogens is 244 g/mol. The number of H-pyrrole nitrogens is 1. The molecule has 0 radical (unpaired) electrons. The Kier molecular flexibility index (Phi) is 2.94. The van der Waals surface area contributed by atoms with Crippen molar-refractivity contribution in [2.45, 2.75) is 25.3 Å². The molecule has 2 heterocycles. The van der Waals surface area contributed by atoms with Crippen LogP contribution < -0.4 is 16.6 Å². The number of nitrogens with one attached hydrogen (secondary N) is 2. The fourth-order valence-electron chi connectivity index (χ4n) is 1.92. The highest BCUT2D eigenvalue weighted by molar-refractivity contribution is 5.34. The molecule has 3 rings (SSSR count). The minimum Gasteiger partial charge on any atom is -0.396 e. The van der Waals surface area contributed by atoms with E-state index < -0.39 is 0 Å². The van der Waals surface area contributed by atoms with Gasteiger partial charge in [-0.05, 0) is 12.8 Å². The summed E-state index contributed by atoms with van der Waals surface area (Å²) in [5.74, 6) is 1.84. The molecule has 4 N–H and O–H groups in total. The number of rotatable bonds is 5. The van der Waals surface area contributed by atoms with Crippen LogP contribution in [0.25, 0.3) is 0 Å². The monoisotopic (exact) mass is 260 g/mol. The van der Waals surface area contributed by atoms with Gasteiger partial charge in [0.1, 0.15) is 11.6 Å². The van der Waals surface area contributed by atoms with E-state index in [1.54, 1.807) is 17.1 Å². The van der Waals surface area contributed by atoms with Gasteiger partial charge in [-0.25, -0.2) is 4.98 Å². The predicted octanol–water partition coefficient (Wildman–Crippen LogP) is 0.538. The summed E-state index contributed by atoms with van der Waals surface area (Å²) >= 11 is 0. The zero-order valence-corrected chi connectivity index (χ0v) is 10.5. The van der Waals surface area contributed by atoms with Crippen LogP contribution in [-0.4, -0.2) is 26.3 Å². The molecule has 2 aromatic rings. The normalized spacial score (nSPS) is 14.5. The Morgan fingerprint density at radius 2 is 2.37 bits per heavy atom. The molecule has 7 heteroatoms. The van der Waals surface area contributed by atoms with Crippen molar-refractivity contribution in [3.63, 3.8) is 0 Å². The Bertz CT molecular complexity index is 627. The van der Waals surface area contributed by atoms with Gasteiger partial charge in [0.2, 0.25) is 0 Å². The van der Waals surface area contributed by atoms with Gasteiger partial charge in [-0.3, -0.25) is 9.48 Å². The van der Waals surface area contributed by atoms with Crippen molar-refractivity contribution in [2.75, 3.05) is 17.6 Å². The van der Waals surface area contributed by atoms with Crippen LogP contribution in [0.4, 0.5) is 11.5 Å². The lowest BCUT2D eigenvalue weighted by molar-refractivity contribution is 0.637. The van der Waals surface area contributed by atoms with Crippen LogP contribution in [0, 0.1) is 0 Å². The van der Waals surface area contributed by atoms with Gasteiger partial charge >= 0.3 is 0 Å². The standard InChI is InChI=1S/C12H16N6O/c13-9-6-15-18(7-9)4-3-14-10-5-11(19)17-12(16-10)8-1-2-8/h5-8H,1-4,13H2,(H2,14,16,17,19). The summed E-state index contributed by atoms with van der Waals surface area (Å²) in [6.45, 7) is 1.31. The minimum atomic E-state index is -0.109. The third-order valence-corrected chi connectivity index (χ3v) is 3.02. The topological polar surface area (TPSA) is 102 Å². The molecule has 0 bridgehead atoms. The summed E-state index contributed by atoms with van der Waals surface area (Å²) in [5, 5.41) is 7.22. The number of nitrogens with zero attached hydrogens (tertiary/aromatic N) is 3. The Hall–Kier alpha value is -2.31. The lowest BCUT2D eigenvalue weighted by atomic mass is 10.4. The van der Waals surface area contributed by atoms with Gasteiger partial charge in [0, 0.05) is 24.7 Å². The highest BCUT2D eigenvalue weighted by atomic mass is 16.1. The van der Waals surface area contributed by atoms with Crippen molar-refractivity contribution >= 4 is 11.5 Å². The average molecular weight is 260 g/mol. The van der Waals surface area contributed by atoms with Crippen LogP contribution in [0.15, 0.2) is 23.3 Å². The van der Waals surface area contributed by atoms with Gasteiger partial charge in [0.05, 0.1) is 18.4 Å². The van der Waals surface area contributed by atoms with Crippen molar-refractivity contribution < 1.29 is 0 Å². The lowest BCUT2D eigenvalue weighted by Crippen LogP contribution is -2.16. The van der Waals surface area contributed by atoms with Gasteiger partial charge < -0.3 is 16.0 Å². The zero-order valence-electron chi connectivity index (χ0n) is 10.5. The van der Waals surface area contributed by atoms with Crippen LogP contribution in [-0.2, 0) is 6.54 Å². The van der Waals surface area contributed by atoms with Crippen molar-refractivity contribution in [1.29, 1.82) is 0 Å². The highest BCUT2D eigenvalue weighted by Crippen LogP contribution is 2.37. The first-order valence-corrected chi connectivity index (χ1v) is 6.34. The number of hydrogen-bond donors (Lipinski definition) is 3. The summed E-state index contributed by atoms with van der Waals surface area (Å²) in [6, 6.07) is 1.48. The SMILES string of the molecule is Nc1cnn(CCNc2cc(=O)[nH]c(C3CC3)n2)c1. The Labute approximate surface area is 109 Å². The van der Waals surface area contributed by atoms with Crippen molar-refractivity contribution in [3.8, 4) is 0 Å². The number of anilines is 2. The van der Waals surface area contributed by atoms with Gasteiger partial charge in [0.15, 0.2) is 0 Å². The molecule has 100 valence electrons. The quantitative estimate of drug-likeness (QED) is 0.728. The second-order valence-electron chi connectivity index (χ2n) is 4.75. The summed E-state index contributed by atoms with van der Waals surface area (Å²) in [6.07, 6.45) is 5.59. The van der Waals surface area contributed by atoms with E-state index in [2.05, 4.69) is 20.4 Å². The molecule has 0 aliphatic heterocycles. The molecule has 1 saturated carbocycles. The first kappa shape index (κ1) is 11.8.